The Hall–Kier alpha value is -0.540. The summed E-state index contributed by atoms with van der Waals surface area (Å²) in [7, 11) is 0. The van der Waals surface area contributed by atoms with Crippen molar-refractivity contribution in [2.75, 3.05) is 4.90 Å². The van der Waals surface area contributed by atoms with Crippen molar-refractivity contribution in [2.24, 2.45) is 4.99 Å². The van der Waals surface area contributed by atoms with Gasteiger partial charge in [-0.2, -0.15) is 0 Å². The summed E-state index contributed by atoms with van der Waals surface area (Å²) in [4.78, 5) is 19.9. The maximum atomic E-state index is 13.3. The van der Waals surface area contributed by atoms with Gasteiger partial charge in [0.25, 0.3) is 5.91 Å². The maximum absolute atomic E-state index is 13.3. The summed E-state index contributed by atoms with van der Waals surface area (Å²) in [6.45, 7) is 0. The summed E-state index contributed by atoms with van der Waals surface area (Å²) < 4.78 is 4.11. The van der Waals surface area contributed by atoms with Gasteiger partial charge in [0.05, 0.1) is 16.9 Å². The third-order valence-electron chi connectivity index (χ3n) is 4.53. The lowest BCUT2D eigenvalue weighted by molar-refractivity contribution is 0.101. The Bertz CT molecular complexity index is 1220. The molecular weight excluding hydrogens is 660 g/mol. The number of carbonyl (C=O) groups excluding carboxylic acids is 1. The van der Waals surface area contributed by atoms with E-state index in [0.717, 1.165) is 45.6 Å². The number of fused-ring (bicyclic) bond motifs is 4. The van der Waals surface area contributed by atoms with Crippen molar-refractivity contribution < 1.29 is 4.79 Å². The third kappa shape index (κ3) is 2.13. The molecule has 26 heavy (non-hydrogen) atoms. The average Bonchev–Trinajstić information content (AvgIpc) is 2.94. The molecule has 2 heterocycles. The van der Waals surface area contributed by atoms with Crippen LogP contribution in [0.4, 0.5) is 11.4 Å². The van der Waals surface area contributed by atoms with E-state index in [4.69, 9.17) is 4.99 Å². The number of halogens is 5. The summed E-state index contributed by atoms with van der Waals surface area (Å²) in [6, 6.07) is 9.91. The number of aliphatic imine (C=N–C) groups is 1. The fourth-order valence-electron chi connectivity index (χ4n) is 3.42. The summed E-state index contributed by atoms with van der Waals surface area (Å²) in [5, 5.41) is 2.00. The zero-order valence-corrected chi connectivity index (χ0v) is 20.5. The Labute approximate surface area is 190 Å². The summed E-state index contributed by atoms with van der Waals surface area (Å²) >= 11 is 17.9. The molecule has 2 aliphatic heterocycles. The van der Waals surface area contributed by atoms with Gasteiger partial charge in [0.2, 0.25) is 0 Å². The number of nitrogens with zero attached hydrogens (tertiary/aromatic N) is 2. The quantitative estimate of drug-likeness (QED) is 0.179. The van der Waals surface area contributed by atoms with E-state index in [9.17, 15) is 4.79 Å². The van der Waals surface area contributed by atoms with Gasteiger partial charge in [-0.15, -0.1) is 0 Å². The van der Waals surface area contributed by atoms with Crippen molar-refractivity contribution in [1.29, 1.82) is 0 Å². The number of hydrogen-bond donors (Lipinski definition) is 0. The van der Waals surface area contributed by atoms with Crippen LogP contribution in [0.25, 0.3) is 10.8 Å². The second-order valence-electron chi connectivity index (χ2n) is 5.85. The molecule has 3 aromatic carbocycles. The molecule has 0 saturated carbocycles. The van der Waals surface area contributed by atoms with E-state index < -0.39 is 0 Å². The number of carbonyl (C=O) groups is 1. The van der Waals surface area contributed by atoms with Crippen LogP contribution in [0.5, 0.6) is 0 Å². The predicted molar refractivity (Wildman–Crippen MR) is 122 cm³/mol. The van der Waals surface area contributed by atoms with Crippen molar-refractivity contribution in [2.45, 2.75) is 0 Å². The Morgan fingerprint density at radius 1 is 0.808 bits per heavy atom. The van der Waals surface area contributed by atoms with Crippen LogP contribution in [0.15, 0.2) is 57.7 Å². The smallest absolute Gasteiger partial charge is 0.266 e. The lowest BCUT2D eigenvalue weighted by Crippen LogP contribution is -2.31. The first-order chi connectivity index (χ1) is 12.4. The van der Waals surface area contributed by atoms with Gasteiger partial charge in [-0.3, -0.25) is 9.69 Å². The minimum Gasteiger partial charge on any atom is -0.268 e. The average molecular weight is 665 g/mol. The normalized spacial score (nSPS) is 14.6. The highest BCUT2D eigenvalue weighted by molar-refractivity contribution is 9.15. The van der Waals surface area contributed by atoms with Gasteiger partial charge in [0.15, 0.2) is 0 Å². The van der Waals surface area contributed by atoms with Crippen molar-refractivity contribution in [3.05, 3.63) is 63.8 Å². The van der Waals surface area contributed by atoms with E-state index in [1.54, 1.807) is 4.90 Å². The van der Waals surface area contributed by atoms with Crippen LogP contribution in [-0.4, -0.2) is 11.7 Å². The second kappa shape index (κ2) is 5.98. The van der Waals surface area contributed by atoms with Crippen molar-refractivity contribution >= 4 is 114 Å². The number of hydrogen-bond acceptors (Lipinski definition) is 2. The molecule has 0 spiro atoms. The third-order valence-corrected chi connectivity index (χ3v) is 9.99. The van der Waals surface area contributed by atoms with Crippen molar-refractivity contribution in [1.82, 2.24) is 0 Å². The van der Waals surface area contributed by atoms with Gasteiger partial charge in [0, 0.05) is 38.7 Å². The Morgan fingerprint density at radius 2 is 1.50 bits per heavy atom. The first-order valence-electron chi connectivity index (χ1n) is 7.42. The topological polar surface area (TPSA) is 32.7 Å². The predicted octanol–water partition coefficient (Wildman–Crippen LogP) is 7.70. The van der Waals surface area contributed by atoms with Crippen LogP contribution in [0.3, 0.4) is 0 Å². The summed E-state index contributed by atoms with van der Waals surface area (Å²) in [5.41, 5.74) is 3.07. The highest BCUT2D eigenvalue weighted by Gasteiger charge is 2.42. The van der Waals surface area contributed by atoms with Crippen LogP contribution in [0.1, 0.15) is 15.9 Å². The summed E-state index contributed by atoms with van der Waals surface area (Å²) in [6.07, 6.45) is 0. The van der Waals surface area contributed by atoms with Crippen LogP contribution < -0.4 is 4.90 Å². The highest BCUT2D eigenvalue weighted by Crippen LogP contribution is 2.50. The molecule has 0 fully saturated rings. The van der Waals surface area contributed by atoms with E-state index in [-0.39, 0.29) is 5.91 Å². The van der Waals surface area contributed by atoms with Gasteiger partial charge in [-0.25, -0.2) is 4.99 Å². The molecule has 0 unspecified atom stereocenters. The van der Waals surface area contributed by atoms with Crippen LogP contribution >= 0.6 is 79.6 Å². The zero-order chi connectivity index (χ0) is 18.3. The molecule has 0 radical (unpaired) electrons. The van der Waals surface area contributed by atoms with Crippen molar-refractivity contribution in [3.8, 4) is 0 Å². The van der Waals surface area contributed by atoms with Crippen molar-refractivity contribution in [3.63, 3.8) is 0 Å². The molecule has 0 N–H and O–H groups in total. The largest absolute Gasteiger partial charge is 0.268 e. The molecule has 128 valence electrons. The monoisotopic (exact) mass is 660 g/mol. The van der Waals surface area contributed by atoms with Gasteiger partial charge in [-0.05, 0) is 81.9 Å². The Kier molecular flexibility index (Phi) is 4.03. The molecule has 0 aromatic heterocycles. The molecule has 0 saturated heterocycles. The van der Waals surface area contributed by atoms with E-state index in [0.29, 0.717) is 15.9 Å². The zero-order valence-electron chi connectivity index (χ0n) is 12.6. The van der Waals surface area contributed by atoms with E-state index in [1.165, 1.54) is 0 Å². The minimum atomic E-state index is -0.0994. The molecule has 0 bridgehead atoms. The number of benzene rings is 3. The Balaban J connectivity index is 1.93. The molecule has 0 aliphatic carbocycles. The number of rotatable bonds is 0. The number of anilines is 1. The molecule has 3 nitrogen and oxygen atoms in total. The Morgan fingerprint density at radius 3 is 2.23 bits per heavy atom. The van der Waals surface area contributed by atoms with Crippen LogP contribution in [0, 0.1) is 0 Å². The second-order valence-corrected chi connectivity index (χ2v) is 9.87. The molecule has 2 aliphatic rings. The van der Waals surface area contributed by atoms with Gasteiger partial charge in [0.1, 0.15) is 5.84 Å². The first kappa shape index (κ1) is 17.6. The van der Waals surface area contributed by atoms with Crippen LogP contribution in [0.2, 0.25) is 0 Å². The highest BCUT2D eigenvalue weighted by atomic mass is 79.9. The fraction of sp³-hybridized carbons (Fsp3) is 0. The molecular formula is C18H5Br5N2O. The van der Waals surface area contributed by atoms with E-state index in [2.05, 4.69) is 79.6 Å². The molecule has 5 rings (SSSR count). The van der Waals surface area contributed by atoms with Gasteiger partial charge < -0.3 is 0 Å². The lowest BCUT2D eigenvalue weighted by atomic mass is 10.0. The maximum Gasteiger partial charge on any atom is 0.266 e. The van der Waals surface area contributed by atoms with E-state index in [1.807, 2.05) is 30.3 Å². The SMILES string of the molecule is O=C1c2c(Br)c(Br)c(Br)c(Br)c2C2=Nc3ccc(Br)c4cccc(c34)N12. The number of amidine groups is 1. The standard InChI is InChI=1S/C18H5Br5N2O/c19-7-4-5-8-10-6(7)2-1-3-9(10)25-17(24-8)11-12(18(25)26)14(21)16(23)15(22)13(11)20/h1-5H. The van der Waals surface area contributed by atoms with Gasteiger partial charge >= 0.3 is 0 Å². The van der Waals surface area contributed by atoms with Gasteiger partial charge in [-0.1, -0.05) is 28.1 Å². The molecule has 1 amide bonds. The number of amides is 1. The first-order valence-corrected chi connectivity index (χ1v) is 11.4. The molecule has 3 aromatic rings. The van der Waals surface area contributed by atoms with E-state index >= 15 is 0 Å². The molecule has 8 heteroatoms. The van der Waals surface area contributed by atoms with Crippen LogP contribution in [-0.2, 0) is 0 Å². The molecule has 0 atom stereocenters. The minimum absolute atomic E-state index is 0.0994. The fourth-order valence-corrected chi connectivity index (χ4v) is 6.35. The lowest BCUT2D eigenvalue weighted by Gasteiger charge is -2.25. The summed E-state index contributed by atoms with van der Waals surface area (Å²) in [5.74, 6) is 0.533.